The molecule has 0 saturated carbocycles. The molecule has 94 valence electrons. The summed E-state index contributed by atoms with van der Waals surface area (Å²) in [5.41, 5.74) is 0. The Morgan fingerprint density at radius 3 is 2.56 bits per heavy atom. The Morgan fingerprint density at radius 1 is 1.50 bits per heavy atom. The van der Waals surface area contributed by atoms with E-state index in [2.05, 4.69) is 17.9 Å². The molecule has 16 heavy (non-hydrogen) atoms. The van der Waals surface area contributed by atoms with E-state index < -0.39 is 9.84 Å². The van der Waals surface area contributed by atoms with E-state index in [4.69, 9.17) is 0 Å². The van der Waals surface area contributed by atoms with E-state index in [-0.39, 0.29) is 34.5 Å². The van der Waals surface area contributed by atoms with Gasteiger partial charge in [0.2, 0.25) is 5.91 Å². The lowest BCUT2D eigenvalue weighted by atomic mass is 10.1. The number of nitrogens with one attached hydrogen (secondary N) is 1. The van der Waals surface area contributed by atoms with Crippen LogP contribution in [0.25, 0.3) is 0 Å². The number of amides is 1. The van der Waals surface area contributed by atoms with Crippen molar-refractivity contribution in [3.63, 3.8) is 0 Å². The Hall–Kier alpha value is -0.230. The molecule has 0 aromatic carbocycles. The molecule has 1 aliphatic heterocycles. The second-order valence-corrected chi connectivity index (χ2v) is 7.49. The van der Waals surface area contributed by atoms with Crippen LogP contribution >= 0.6 is 12.6 Å². The topological polar surface area (TPSA) is 63.2 Å². The number of sulfone groups is 1. The molecular formula is C10H19NO3S2. The Morgan fingerprint density at radius 2 is 2.12 bits per heavy atom. The first-order valence-corrected chi connectivity index (χ1v) is 7.82. The standard InChI is InChI=1S/C10H19NO3S2/c1-7(2)9(15)10(12)11-5-8-3-4-16(13,14)6-8/h7-9,15H,3-6H2,1-2H3,(H,11,12). The summed E-state index contributed by atoms with van der Waals surface area (Å²) in [6.07, 6.45) is 0.654. The van der Waals surface area contributed by atoms with Crippen molar-refractivity contribution in [2.24, 2.45) is 11.8 Å². The molecule has 1 aliphatic rings. The minimum absolute atomic E-state index is 0.0710. The van der Waals surface area contributed by atoms with Crippen LogP contribution in [0.1, 0.15) is 20.3 Å². The second kappa shape index (κ2) is 5.40. The monoisotopic (exact) mass is 265 g/mol. The predicted octanol–water partition coefficient (Wildman–Crippen LogP) is 0.492. The second-order valence-electron chi connectivity index (χ2n) is 4.70. The summed E-state index contributed by atoms with van der Waals surface area (Å²) in [4.78, 5) is 11.6. The van der Waals surface area contributed by atoms with Crippen molar-refractivity contribution in [1.29, 1.82) is 0 Å². The minimum Gasteiger partial charge on any atom is -0.355 e. The van der Waals surface area contributed by atoms with Crippen molar-refractivity contribution in [2.45, 2.75) is 25.5 Å². The van der Waals surface area contributed by atoms with Gasteiger partial charge in [0.1, 0.15) is 0 Å². The summed E-state index contributed by atoms with van der Waals surface area (Å²) < 4.78 is 22.4. The van der Waals surface area contributed by atoms with Crippen molar-refractivity contribution >= 4 is 28.4 Å². The van der Waals surface area contributed by atoms with Gasteiger partial charge in [0.05, 0.1) is 16.8 Å². The van der Waals surface area contributed by atoms with Crippen LogP contribution in [0.4, 0.5) is 0 Å². The van der Waals surface area contributed by atoms with E-state index in [1.165, 1.54) is 0 Å². The largest absolute Gasteiger partial charge is 0.355 e. The molecular weight excluding hydrogens is 246 g/mol. The van der Waals surface area contributed by atoms with Gasteiger partial charge in [0, 0.05) is 6.54 Å². The molecule has 1 fully saturated rings. The van der Waals surface area contributed by atoms with Gasteiger partial charge in [-0.1, -0.05) is 13.8 Å². The van der Waals surface area contributed by atoms with Gasteiger partial charge in [-0.2, -0.15) is 12.6 Å². The van der Waals surface area contributed by atoms with Gasteiger partial charge >= 0.3 is 0 Å². The molecule has 1 rings (SSSR count). The van der Waals surface area contributed by atoms with E-state index in [1.54, 1.807) is 0 Å². The number of carbonyl (C=O) groups excluding carboxylic acids is 1. The van der Waals surface area contributed by atoms with E-state index in [1.807, 2.05) is 13.8 Å². The van der Waals surface area contributed by atoms with E-state index in [0.29, 0.717) is 13.0 Å². The fourth-order valence-corrected chi connectivity index (χ4v) is 3.64. The molecule has 2 unspecified atom stereocenters. The third-order valence-electron chi connectivity index (χ3n) is 2.79. The molecule has 4 nitrogen and oxygen atoms in total. The normalized spacial score (nSPS) is 25.6. The SMILES string of the molecule is CC(C)C(S)C(=O)NCC1CCS(=O)(=O)C1. The van der Waals surface area contributed by atoms with Crippen LogP contribution in [-0.4, -0.2) is 37.6 Å². The Bertz CT molecular complexity index is 351. The molecule has 0 aliphatic carbocycles. The fraction of sp³-hybridized carbons (Fsp3) is 0.900. The Balaban J connectivity index is 2.34. The quantitative estimate of drug-likeness (QED) is 0.727. The first kappa shape index (κ1) is 13.8. The zero-order chi connectivity index (χ0) is 12.3. The summed E-state index contributed by atoms with van der Waals surface area (Å²) in [6.45, 7) is 4.30. The average Bonchev–Trinajstić information content (AvgIpc) is 2.53. The lowest BCUT2D eigenvalue weighted by Gasteiger charge is -2.16. The summed E-state index contributed by atoms with van der Waals surface area (Å²) >= 11 is 4.20. The van der Waals surface area contributed by atoms with Gasteiger partial charge in [0.25, 0.3) is 0 Å². The molecule has 0 aromatic heterocycles. The smallest absolute Gasteiger partial charge is 0.233 e. The molecule has 1 amide bonds. The van der Waals surface area contributed by atoms with Crippen LogP contribution in [0.2, 0.25) is 0 Å². The minimum atomic E-state index is -2.85. The van der Waals surface area contributed by atoms with E-state index in [9.17, 15) is 13.2 Å². The molecule has 0 radical (unpaired) electrons. The molecule has 0 spiro atoms. The van der Waals surface area contributed by atoms with Crippen molar-refractivity contribution < 1.29 is 13.2 Å². The van der Waals surface area contributed by atoms with E-state index in [0.717, 1.165) is 0 Å². The maximum Gasteiger partial charge on any atom is 0.233 e. The van der Waals surface area contributed by atoms with Crippen LogP contribution in [0, 0.1) is 11.8 Å². The number of carbonyl (C=O) groups is 1. The number of hydrogen-bond donors (Lipinski definition) is 2. The molecule has 6 heteroatoms. The molecule has 1 saturated heterocycles. The van der Waals surface area contributed by atoms with Gasteiger partial charge in [-0.3, -0.25) is 4.79 Å². The highest BCUT2D eigenvalue weighted by Crippen LogP contribution is 2.17. The van der Waals surface area contributed by atoms with Crippen LogP contribution in [0.15, 0.2) is 0 Å². The molecule has 1 N–H and O–H groups in total. The van der Waals surface area contributed by atoms with Crippen LogP contribution in [-0.2, 0) is 14.6 Å². The molecule has 0 aromatic rings. The summed E-state index contributed by atoms with van der Waals surface area (Å²) in [6, 6.07) is 0. The van der Waals surface area contributed by atoms with Crippen LogP contribution < -0.4 is 5.32 Å². The first-order valence-electron chi connectivity index (χ1n) is 5.48. The van der Waals surface area contributed by atoms with E-state index >= 15 is 0 Å². The van der Waals surface area contributed by atoms with Crippen LogP contribution in [0.3, 0.4) is 0 Å². The maximum absolute atomic E-state index is 11.6. The highest BCUT2D eigenvalue weighted by molar-refractivity contribution is 7.91. The Kier molecular flexibility index (Phi) is 4.67. The number of rotatable bonds is 4. The summed E-state index contributed by atoms with van der Waals surface area (Å²) in [5, 5.41) is 2.44. The van der Waals surface area contributed by atoms with Gasteiger partial charge in [-0.25, -0.2) is 8.42 Å². The lowest BCUT2D eigenvalue weighted by Crippen LogP contribution is -2.37. The highest BCUT2D eigenvalue weighted by atomic mass is 32.2. The summed E-state index contributed by atoms with van der Waals surface area (Å²) in [7, 11) is -2.85. The lowest BCUT2D eigenvalue weighted by molar-refractivity contribution is -0.121. The van der Waals surface area contributed by atoms with Gasteiger partial charge in [0.15, 0.2) is 9.84 Å². The van der Waals surface area contributed by atoms with Gasteiger partial charge in [-0.05, 0) is 18.3 Å². The van der Waals surface area contributed by atoms with Crippen molar-refractivity contribution in [2.75, 3.05) is 18.1 Å². The van der Waals surface area contributed by atoms with Crippen molar-refractivity contribution in [3.8, 4) is 0 Å². The van der Waals surface area contributed by atoms with Crippen LogP contribution in [0.5, 0.6) is 0 Å². The maximum atomic E-state index is 11.6. The molecule has 0 bridgehead atoms. The first-order chi connectivity index (χ1) is 7.32. The van der Waals surface area contributed by atoms with Crippen molar-refractivity contribution in [3.05, 3.63) is 0 Å². The fourth-order valence-electron chi connectivity index (χ4n) is 1.69. The third-order valence-corrected chi connectivity index (χ3v) is 5.46. The Labute approximate surface area is 103 Å². The van der Waals surface area contributed by atoms with Gasteiger partial charge < -0.3 is 5.32 Å². The average molecular weight is 265 g/mol. The number of hydrogen-bond acceptors (Lipinski definition) is 4. The summed E-state index contributed by atoms with van der Waals surface area (Å²) in [5.74, 6) is 0.591. The highest BCUT2D eigenvalue weighted by Gasteiger charge is 2.28. The molecule has 2 atom stereocenters. The van der Waals surface area contributed by atoms with Crippen molar-refractivity contribution in [1.82, 2.24) is 5.32 Å². The molecule has 1 heterocycles. The third kappa shape index (κ3) is 3.97. The number of thiol groups is 1. The zero-order valence-corrected chi connectivity index (χ0v) is 11.4. The zero-order valence-electron chi connectivity index (χ0n) is 9.64. The van der Waals surface area contributed by atoms with Gasteiger partial charge in [-0.15, -0.1) is 0 Å². The predicted molar refractivity (Wildman–Crippen MR) is 67.4 cm³/mol.